The quantitative estimate of drug-likeness (QED) is 0.674. The lowest BCUT2D eigenvalue weighted by Gasteiger charge is -2.28. The van der Waals surface area contributed by atoms with E-state index in [1.165, 1.54) is 24.0 Å². The number of aryl methyl sites for hydroxylation is 3. The highest BCUT2D eigenvalue weighted by Gasteiger charge is 2.21. The zero-order valence-corrected chi connectivity index (χ0v) is 18.0. The summed E-state index contributed by atoms with van der Waals surface area (Å²) in [5.41, 5.74) is 5.45. The van der Waals surface area contributed by atoms with E-state index in [0.717, 1.165) is 54.5 Å². The van der Waals surface area contributed by atoms with Crippen molar-refractivity contribution in [2.24, 2.45) is 5.92 Å². The van der Waals surface area contributed by atoms with Gasteiger partial charge in [-0.1, -0.05) is 19.1 Å². The number of nitrogens with one attached hydrogen (secondary N) is 1. The minimum atomic E-state index is 0.230. The number of hydrogen-bond acceptors (Lipinski definition) is 4. The summed E-state index contributed by atoms with van der Waals surface area (Å²) in [7, 11) is 0. The summed E-state index contributed by atoms with van der Waals surface area (Å²) >= 11 is 0. The van der Waals surface area contributed by atoms with Crippen molar-refractivity contribution in [3.05, 3.63) is 53.0 Å². The van der Waals surface area contributed by atoms with Crippen LogP contribution in [0.3, 0.4) is 0 Å². The molecule has 1 aliphatic heterocycles. The molecule has 0 saturated carbocycles. The maximum absolute atomic E-state index is 6.22. The topological polar surface area (TPSA) is 52.0 Å². The highest BCUT2D eigenvalue weighted by atomic mass is 16.5. The Hall–Kier alpha value is -2.40. The van der Waals surface area contributed by atoms with Gasteiger partial charge in [0.2, 0.25) is 0 Å². The van der Waals surface area contributed by atoms with E-state index >= 15 is 0 Å². The Morgan fingerprint density at radius 2 is 2.00 bits per heavy atom. The van der Waals surface area contributed by atoms with Crippen molar-refractivity contribution in [3.63, 3.8) is 0 Å². The third-order valence-corrected chi connectivity index (χ3v) is 6.14. The molecule has 5 nitrogen and oxygen atoms in total. The van der Waals surface area contributed by atoms with Gasteiger partial charge in [-0.2, -0.15) is 0 Å². The Morgan fingerprint density at radius 3 is 2.69 bits per heavy atom. The van der Waals surface area contributed by atoms with Gasteiger partial charge in [0.25, 0.3) is 0 Å². The van der Waals surface area contributed by atoms with Crippen molar-refractivity contribution in [1.82, 2.24) is 19.9 Å². The molecule has 0 amide bonds. The first-order chi connectivity index (χ1) is 14.0. The first-order valence-corrected chi connectivity index (χ1v) is 10.8. The van der Waals surface area contributed by atoms with Gasteiger partial charge in [0.15, 0.2) is 5.65 Å². The van der Waals surface area contributed by atoms with Gasteiger partial charge >= 0.3 is 0 Å². The fraction of sp³-hybridized carbons (Fsp3) is 0.500. The fourth-order valence-corrected chi connectivity index (χ4v) is 4.16. The molecule has 2 unspecified atom stereocenters. The van der Waals surface area contributed by atoms with Crippen LogP contribution in [0.5, 0.6) is 5.75 Å². The second-order valence-electron chi connectivity index (χ2n) is 8.27. The normalized spacial score (nSPS) is 18.1. The molecule has 1 fully saturated rings. The van der Waals surface area contributed by atoms with Gasteiger partial charge in [-0.3, -0.25) is 0 Å². The van der Waals surface area contributed by atoms with Crippen molar-refractivity contribution in [2.75, 3.05) is 13.1 Å². The molecule has 0 aliphatic carbocycles. The summed E-state index contributed by atoms with van der Waals surface area (Å²) in [6.07, 6.45) is 3.60. The molecule has 29 heavy (non-hydrogen) atoms. The molecular formula is C24H32N4O. The number of piperidine rings is 1. The number of rotatable bonds is 6. The smallest absolute Gasteiger partial charge is 0.160 e. The summed E-state index contributed by atoms with van der Waals surface area (Å²) < 4.78 is 8.46. The first kappa shape index (κ1) is 19.9. The maximum atomic E-state index is 6.22. The highest BCUT2D eigenvalue weighted by molar-refractivity contribution is 5.73. The second kappa shape index (κ2) is 8.54. The molecule has 2 atom stereocenters. The lowest BCUT2D eigenvalue weighted by atomic mass is 9.94. The largest absolute Gasteiger partial charge is 0.490 e. The fourth-order valence-electron chi connectivity index (χ4n) is 4.16. The molecule has 154 valence electrons. The van der Waals surface area contributed by atoms with E-state index in [-0.39, 0.29) is 6.10 Å². The van der Waals surface area contributed by atoms with Gasteiger partial charge in [0.05, 0.1) is 12.6 Å². The van der Waals surface area contributed by atoms with Crippen molar-refractivity contribution in [2.45, 2.75) is 59.6 Å². The van der Waals surface area contributed by atoms with Gasteiger partial charge in [0, 0.05) is 24.6 Å². The number of benzene rings is 1. The van der Waals surface area contributed by atoms with E-state index in [1.54, 1.807) is 0 Å². The van der Waals surface area contributed by atoms with Crippen LogP contribution in [0.15, 0.2) is 30.3 Å². The summed E-state index contributed by atoms with van der Waals surface area (Å²) in [5, 5.41) is 3.47. The summed E-state index contributed by atoms with van der Waals surface area (Å²) in [6.45, 7) is 11.5. The van der Waals surface area contributed by atoms with Crippen LogP contribution in [0.25, 0.3) is 11.2 Å². The molecule has 0 spiro atoms. The van der Waals surface area contributed by atoms with E-state index < -0.39 is 0 Å². The third kappa shape index (κ3) is 4.30. The number of pyridine rings is 1. The molecule has 3 heterocycles. The van der Waals surface area contributed by atoms with Crippen LogP contribution in [0, 0.1) is 19.8 Å². The van der Waals surface area contributed by atoms with Crippen LogP contribution >= 0.6 is 0 Å². The number of hydrogen-bond donors (Lipinski definition) is 1. The Kier molecular flexibility index (Phi) is 5.86. The van der Waals surface area contributed by atoms with Crippen LogP contribution < -0.4 is 10.1 Å². The van der Waals surface area contributed by atoms with Gasteiger partial charge in [-0.05, 0) is 69.5 Å². The summed E-state index contributed by atoms with van der Waals surface area (Å²) in [4.78, 5) is 9.63. The average Bonchev–Trinajstić information content (AvgIpc) is 3.06. The monoisotopic (exact) mass is 392 g/mol. The Morgan fingerprint density at radius 1 is 1.21 bits per heavy atom. The third-order valence-electron chi connectivity index (χ3n) is 6.14. The van der Waals surface area contributed by atoms with Gasteiger partial charge < -0.3 is 14.6 Å². The zero-order valence-electron chi connectivity index (χ0n) is 18.0. The van der Waals surface area contributed by atoms with Crippen LogP contribution in [-0.2, 0) is 13.0 Å². The van der Waals surface area contributed by atoms with E-state index in [1.807, 2.05) is 0 Å². The summed E-state index contributed by atoms with van der Waals surface area (Å²) in [6, 6.07) is 10.7. The van der Waals surface area contributed by atoms with Gasteiger partial charge in [0.1, 0.15) is 17.1 Å². The highest BCUT2D eigenvalue weighted by Crippen LogP contribution is 2.23. The molecule has 0 radical (unpaired) electrons. The number of nitrogens with zero attached hydrogens (tertiary/aromatic N) is 3. The molecule has 4 rings (SSSR count). The number of imidazole rings is 1. The maximum Gasteiger partial charge on any atom is 0.160 e. The predicted octanol–water partition coefficient (Wildman–Crippen LogP) is 4.43. The molecule has 1 aromatic carbocycles. The number of fused-ring (bicyclic) bond motifs is 1. The van der Waals surface area contributed by atoms with Crippen molar-refractivity contribution < 1.29 is 4.74 Å². The van der Waals surface area contributed by atoms with Gasteiger partial charge in [-0.15, -0.1) is 0 Å². The Balaban J connectivity index is 1.51. The van der Waals surface area contributed by atoms with E-state index in [4.69, 9.17) is 14.7 Å². The predicted molar refractivity (Wildman–Crippen MR) is 118 cm³/mol. The summed E-state index contributed by atoms with van der Waals surface area (Å²) in [5.74, 6) is 2.62. The van der Waals surface area contributed by atoms with Crippen LogP contribution in [-0.4, -0.2) is 33.7 Å². The average molecular weight is 393 g/mol. The lowest BCUT2D eigenvalue weighted by molar-refractivity contribution is 0.131. The minimum absolute atomic E-state index is 0.230. The Bertz CT molecular complexity index is 971. The molecule has 2 aromatic heterocycles. The van der Waals surface area contributed by atoms with Crippen molar-refractivity contribution in [3.8, 4) is 5.75 Å². The van der Waals surface area contributed by atoms with Crippen molar-refractivity contribution in [1.29, 1.82) is 0 Å². The van der Waals surface area contributed by atoms with E-state index in [9.17, 15) is 0 Å². The van der Waals surface area contributed by atoms with Crippen LogP contribution in [0.1, 0.15) is 49.3 Å². The molecule has 1 N–H and O–H groups in total. The number of ether oxygens (including phenoxy) is 1. The SMILES string of the molecule is CCc1nc2cc(C)c(C)nc2n1Cc1ccc(OC(C)C2CCCNC2)cc1. The van der Waals surface area contributed by atoms with E-state index in [2.05, 4.69) is 67.9 Å². The lowest BCUT2D eigenvalue weighted by Crippen LogP contribution is -2.37. The van der Waals surface area contributed by atoms with Crippen molar-refractivity contribution >= 4 is 11.2 Å². The molecule has 5 heteroatoms. The molecule has 0 bridgehead atoms. The Labute approximate surface area is 173 Å². The van der Waals surface area contributed by atoms with Gasteiger partial charge in [-0.25, -0.2) is 9.97 Å². The molecule has 1 aliphatic rings. The van der Waals surface area contributed by atoms with Crippen LogP contribution in [0.4, 0.5) is 0 Å². The minimum Gasteiger partial charge on any atom is -0.490 e. The molecule has 3 aromatic rings. The molecular weight excluding hydrogens is 360 g/mol. The first-order valence-electron chi connectivity index (χ1n) is 10.8. The van der Waals surface area contributed by atoms with E-state index in [0.29, 0.717) is 5.92 Å². The molecule has 1 saturated heterocycles. The number of aromatic nitrogens is 3. The second-order valence-corrected chi connectivity index (χ2v) is 8.27. The zero-order chi connectivity index (χ0) is 20.4. The van der Waals surface area contributed by atoms with Crippen LogP contribution in [0.2, 0.25) is 0 Å². The standard InChI is InChI=1S/C24H32N4O/c1-5-23-27-22-13-16(2)17(3)26-24(22)28(23)15-19-8-10-21(11-9-19)29-18(4)20-7-6-12-25-14-20/h8-11,13,18,20,25H,5-7,12,14-15H2,1-4H3.